The normalized spacial score (nSPS) is 12.3. The van der Waals surface area contributed by atoms with Crippen LogP contribution in [0.5, 0.6) is 0 Å². The highest BCUT2D eigenvalue weighted by atomic mass is 35.5. The molecule has 0 aliphatic heterocycles. The molecule has 0 aliphatic carbocycles. The van der Waals surface area contributed by atoms with E-state index >= 15 is 0 Å². The first-order valence-corrected chi connectivity index (χ1v) is 7.47. The Balaban J connectivity index is 2.24. The van der Waals surface area contributed by atoms with Gasteiger partial charge in [0.1, 0.15) is 0 Å². The Morgan fingerprint density at radius 2 is 2.15 bits per heavy atom. The molecule has 0 saturated carbocycles. The molecule has 1 heterocycles. The third-order valence-corrected chi connectivity index (χ3v) is 3.66. The van der Waals surface area contributed by atoms with Crippen molar-refractivity contribution in [2.24, 2.45) is 0 Å². The van der Waals surface area contributed by atoms with Gasteiger partial charge in [0.05, 0.1) is 0 Å². The summed E-state index contributed by atoms with van der Waals surface area (Å²) in [6, 6.07) is 10.5. The number of nitrogens with one attached hydrogen (secondary N) is 1. The lowest BCUT2D eigenvalue weighted by Gasteiger charge is -2.21. The molecule has 1 unspecified atom stereocenters. The van der Waals surface area contributed by atoms with E-state index in [0.717, 1.165) is 24.4 Å². The molecule has 0 bridgehead atoms. The second-order valence-electron chi connectivity index (χ2n) is 5.07. The number of pyridine rings is 1. The second-order valence-corrected chi connectivity index (χ2v) is 5.51. The molecule has 2 rings (SSSR count). The van der Waals surface area contributed by atoms with Gasteiger partial charge < -0.3 is 5.32 Å². The molecule has 0 radical (unpaired) electrons. The largest absolute Gasteiger partial charge is 0.310 e. The van der Waals surface area contributed by atoms with E-state index in [4.69, 9.17) is 11.6 Å². The summed E-state index contributed by atoms with van der Waals surface area (Å²) in [5.41, 5.74) is 3.78. The lowest BCUT2D eigenvalue weighted by atomic mass is 9.96. The molecule has 0 saturated heterocycles. The number of halogens is 1. The van der Waals surface area contributed by atoms with Gasteiger partial charge in [-0.15, -0.1) is 0 Å². The fraction of sp³-hybridized carbons (Fsp3) is 0.353. The van der Waals surface area contributed by atoms with Crippen LogP contribution in [-0.4, -0.2) is 11.5 Å². The minimum Gasteiger partial charge on any atom is -0.310 e. The van der Waals surface area contributed by atoms with E-state index in [1.165, 1.54) is 16.7 Å². The lowest BCUT2D eigenvalue weighted by Crippen LogP contribution is -2.24. The van der Waals surface area contributed by atoms with Crippen molar-refractivity contribution in [3.8, 4) is 0 Å². The van der Waals surface area contributed by atoms with Gasteiger partial charge >= 0.3 is 0 Å². The maximum atomic E-state index is 6.16. The monoisotopic (exact) mass is 288 g/mol. The zero-order valence-corrected chi connectivity index (χ0v) is 12.8. The number of rotatable bonds is 6. The van der Waals surface area contributed by atoms with Crippen LogP contribution in [0.3, 0.4) is 0 Å². The number of benzene rings is 1. The zero-order valence-electron chi connectivity index (χ0n) is 12.1. The summed E-state index contributed by atoms with van der Waals surface area (Å²) in [6.07, 6.45) is 5.78. The van der Waals surface area contributed by atoms with Gasteiger partial charge in [0.2, 0.25) is 0 Å². The Morgan fingerprint density at radius 3 is 2.85 bits per heavy atom. The number of aryl methyl sites for hydroxylation is 1. The van der Waals surface area contributed by atoms with Gasteiger partial charge in [0.25, 0.3) is 0 Å². The molecule has 1 aromatic heterocycles. The van der Waals surface area contributed by atoms with E-state index < -0.39 is 0 Å². The van der Waals surface area contributed by atoms with Gasteiger partial charge in [0.15, 0.2) is 0 Å². The predicted octanol–water partition coefficient (Wildman–Crippen LogP) is 4.33. The van der Waals surface area contributed by atoms with E-state index in [0.29, 0.717) is 0 Å². The van der Waals surface area contributed by atoms with Gasteiger partial charge in [-0.05, 0) is 61.2 Å². The summed E-state index contributed by atoms with van der Waals surface area (Å²) in [5.74, 6) is 0. The SMILES string of the molecule is CCCNC(Cc1cccnc1)c1cc(Cl)ccc1C. The van der Waals surface area contributed by atoms with Crippen LogP contribution >= 0.6 is 11.6 Å². The average molecular weight is 289 g/mol. The summed E-state index contributed by atoms with van der Waals surface area (Å²) in [7, 11) is 0. The summed E-state index contributed by atoms with van der Waals surface area (Å²) < 4.78 is 0. The van der Waals surface area contributed by atoms with Crippen molar-refractivity contribution < 1.29 is 0 Å². The van der Waals surface area contributed by atoms with Gasteiger partial charge in [-0.2, -0.15) is 0 Å². The molecule has 2 aromatic rings. The molecule has 1 N–H and O–H groups in total. The first-order valence-electron chi connectivity index (χ1n) is 7.09. The minimum atomic E-state index is 0.276. The predicted molar refractivity (Wildman–Crippen MR) is 85.2 cm³/mol. The molecule has 106 valence electrons. The van der Waals surface area contributed by atoms with Crippen molar-refractivity contribution in [3.63, 3.8) is 0 Å². The number of hydrogen-bond acceptors (Lipinski definition) is 2. The highest BCUT2D eigenvalue weighted by Crippen LogP contribution is 2.24. The quantitative estimate of drug-likeness (QED) is 0.856. The number of nitrogens with zero attached hydrogens (tertiary/aromatic N) is 1. The molecule has 1 atom stereocenters. The van der Waals surface area contributed by atoms with Crippen LogP contribution in [0.1, 0.15) is 36.1 Å². The Kier molecular flexibility index (Phi) is 5.57. The number of aromatic nitrogens is 1. The van der Waals surface area contributed by atoms with Crippen LogP contribution in [-0.2, 0) is 6.42 Å². The molecule has 0 amide bonds. The van der Waals surface area contributed by atoms with Crippen molar-refractivity contribution in [3.05, 3.63) is 64.4 Å². The van der Waals surface area contributed by atoms with Crippen molar-refractivity contribution in [2.45, 2.75) is 32.7 Å². The van der Waals surface area contributed by atoms with Crippen molar-refractivity contribution in [1.82, 2.24) is 10.3 Å². The molecule has 1 aromatic carbocycles. The van der Waals surface area contributed by atoms with Gasteiger partial charge in [-0.25, -0.2) is 0 Å². The summed E-state index contributed by atoms with van der Waals surface area (Å²) >= 11 is 6.16. The summed E-state index contributed by atoms with van der Waals surface area (Å²) in [5, 5.41) is 4.41. The fourth-order valence-corrected chi connectivity index (χ4v) is 2.53. The highest BCUT2D eigenvalue weighted by molar-refractivity contribution is 6.30. The van der Waals surface area contributed by atoms with Crippen LogP contribution in [0.2, 0.25) is 5.02 Å². The fourth-order valence-electron chi connectivity index (χ4n) is 2.35. The van der Waals surface area contributed by atoms with Gasteiger partial charge in [0, 0.05) is 23.5 Å². The van der Waals surface area contributed by atoms with Crippen LogP contribution in [0.25, 0.3) is 0 Å². The van der Waals surface area contributed by atoms with E-state index in [9.17, 15) is 0 Å². The van der Waals surface area contributed by atoms with Gasteiger partial charge in [-0.1, -0.05) is 30.7 Å². The lowest BCUT2D eigenvalue weighted by molar-refractivity contribution is 0.526. The van der Waals surface area contributed by atoms with Crippen molar-refractivity contribution >= 4 is 11.6 Å². The number of hydrogen-bond donors (Lipinski definition) is 1. The van der Waals surface area contributed by atoms with E-state index in [1.54, 1.807) is 0 Å². The summed E-state index contributed by atoms with van der Waals surface area (Å²) in [6.45, 7) is 5.31. The average Bonchev–Trinajstić information content (AvgIpc) is 2.47. The minimum absolute atomic E-state index is 0.276. The molecule has 3 heteroatoms. The third kappa shape index (κ3) is 4.06. The molecular weight excluding hydrogens is 268 g/mol. The van der Waals surface area contributed by atoms with Crippen molar-refractivity contribution in [2.75, 3.05) is 6.54 Å². The Hall–Kier alpha value is -1.38. The van der Waals surface area contributed by atoms with E-state index in [-0.39, 0.29) is 6.04 Å². The smallest absolute Gasteiger partial charge is 0.0409 e. The van der Waals surface area contributed by atoms with Crippen LogP contribution in [0, 0.1) is 6.92 Å². The molecule has 0 spiro atoms. The molecule has 20 heavy (non-hydrogen) atoms. The third-order valence-electron chi connectivity index (χ3n) is 3.42. The first kappa shape index (κ1) is 15.0. The Bertz CT molecular complexity index is 540. The molecule has 0 aliphatic rings. The molecular formula is C17H21ClN2. The second kappa shape index (κ2) is 7.41. The van der Waals surface area contributed by atoms with Crippen LogP contribution in [0.4, 0.5) is 0 Å². The highest BCUT2D eigenvalue weighted by Gasteiger charge is 2.14. The standard InChI is InChI=1S/C17H21ClN2/c1-3-8-20-17(10-14-5-4-9-19-12-14)16-11-15(18)7-6-13(16)2/h4-7,9,11-12,17,20H,3,8,10H2,1-2H3. The van der Waals surface area contributed by atoms with Crippen LogP contribution in [0.15, 0.2) is 42.7 Å². The maximum Gasteiger partial charge on any atom is 0.0409 e. The first-order chi connectivity index (χ1) is 9.70. The maximum absolute atomic E-state index is 6.16. The van der Waals surface area contributed by atoms with Crippen molar-refractivity contribution in [1.29, 1.82) is 0 Å². The molecule has 2 nitrogen and oxygen atoms in total. The van der Waals surface area contributed by atoms with Crippen LogP contribution < -0.4 is 5.32 Å². The Labute approximate surface area is 126 Å². The van der Waals surface area contributed by atoms with Gasteiger partial charge in [-0.3, -0.25) is 4.98 Å². The zero-order chi connectivity index (χ0) is 14.4. The molecule has 0 fully saturated rings. The summed E-state index contributed by atoms with van der Waals surface area (Å²) in [4.78, 5) is 4.20. The van der Waals surface area contributed by atoms with E-state index in [1.807, 2.05) is 24.5 Å². The van der Waals surface area contributed by atoms with E-state index in [2.05, 4.69) is 42.3 Å². The topological polar surface area (TPSA) is 24.9 Å². The Morgan fingerprint density at radius 1 is 1.30 bits per heavy atom.